The number of rotatable bonds is 13. The van der Waals surface area contributed by atoms with Gasteiger partial charge in [0.05, 0.1) is 12.2 Å². The van der Waals surface area contributed by atoms with Gasteiger partial charge < -0.3 is 14.6 Å². The van der Waals surface area contributed by atoms with Gasteiger partial charge in [-0.25, -0.2) is 10.4 Å². The van der Waals surface area contributed by atoms with Gasteiger partial charge in [0.1, 0.15) is 5.75 Å². The van der Waals surface area contributed by atoms with Crippen molar-refractivity contribution in [3.8, 4) is 16.9 Å². The lowest BCUT2D eigenvalue weighted by Gasteiger charge is -2.31. The highest BCUT2D eigenvalue weighted by molar-refractivity contribution is 6.01. The minimum absolute atomic E-state index is 0.0246. The number of ether oxygens (including phenoxy) is 2. The van der Waals surface area contributed by atoms with Gasteiger partial charge in [-0.2, -0.15) is 13.2 Å². The molecule has 0 fully saturated rings. The lowest BCUT2D eigenvalue weighted by molar-refractivity contribution is -0.137. The molecule has 0 radical (unpaired) electrons. The van der Waals surface area contributed by atoms with Crippen LogP contribution in [0.5, 0.6) is 5.75 Å². The van der Waals surface area contributed by atoms with Crippen LogP contribution in [0.2, 0.25) is 0 Å². The first-order valence-corrected chi connectivity index (χ1v) is 16.2. The van der Waals surface area contributed by atoms with E-state index in [0.717, 1.165) is 34.4 Å². The summed E-state index contributed by atoms with van der Waals surface area (Å²) in [5.74, 6) is 0.360. The molecule has 2 atom stereocenters. The second-order valence-electron chi connectivity index (χ2n) is 11.9. The summed E-state index contributed by atoms with van der Waals surface area (Å²) >= 11 is 0. The molecule has 0 aliphatic carbocycles. The SMILES string of the molecule is O=C(NNCc1cccc(C(F)(F)F)c1)[C@@]1(Cc2ccccc2)N=C(c2ccc(OCCCO)cc2)O[C@H]1c1ccc(-c2ccccc2)cc1. The van der Waals surface area contributed by atoms with Crippen molar-refractivity contribution >= 4 is 11.8 Å². The maximum atomic E-state index is 14.5. The molecule has 5 aromatic carbocycles. The van der Waals surface area contributed by atoms with Crippen LogP contribution < -0.4 is 15.6 Å². The molecule has 7 nitrogen and oxygen atoms in total. The number of amides is 1. The molecule has 0 saturated carbocycles. The summed E-state index contributed by atoms with van der Waals surface area (Å²) in [5.41, 5.74) is 7.85. The number of aliphatic hydroxyl groups is 1. The van der Waals surface area contributed by atoms with E-state index in [1.165, 1.54) is 6.07 Å². The molecular formula is C40H36F3N3O4. The highest BCUT2D eigenvalue weighted by atomic mass is 19.4. The lowest BCUT2D eigenvalue weighted by Crippen LogP contribution is -2.53. The van der Waals surface area contributed by atoms with Crippen molar-refractivity contribution in [2.24, 2.45) is 4.99 Å². The smallest absolute Gasteiger partial charge is 0.416 e. The van der Waals surface area contributed by atoms with Crippen LogP contribution >= 0.6 is 0 Å². The average molecular weight is 680 g/mol. The summed E-state index contributed by atoms with van der Waals surface area (Å²) in [6.07, 6.45) is -4.68. The van der Waals surface area contributed by atoms with Crippen molar-refractivity contribution in [2.75, 3.05) is 13.2 Å². The Kier molecular flexibility index (Phi) is 10.6. The molecule has 0 spiro atoms. The molecule has 0 aromatic heterocycles. The predicted octanol–water partition coefficient (Wildman–Crippen LogP) is 7.45. The molecule has 1 aliphatic rings. The zero-order valence-electron chi connectivity index (χ0n) is 27.1. The Bertz CT molecular complexity index is 1900. The molecule has 3 N–H and O–H groups in total. The summed E-state index contributed by atoms with van der Waals surface area (Å²) in [4.78, 5) is 19.5. The van der Waals surface area contributed by atoms with E-state index in [4.69, 9.17) is 19.6 Å². The first kappa shape index (κ1) is 34.4. The zero-order valence-corrected chi connectivity index (χ0v) is 27.1. The summed E-state index contributed by atoms with van der Waals surface area (Å²) < 4.78 is 52.3. The Balaban J connectivity index is 1.35. The topological polar surface area (TPSA) is 92.2 Å². The van der Waals surface area contributed by atoms with Gasteiger partial charge in [0.2, 0.25) is 5.90 Å². The minimum atomic E-state index is -4.49. The number of benzene rings is 5. The molecule has 5 aromatic rings. The van der Waals surface area contributed by atoms with E-state index in [-0.39, 0.29) is 25.5 Å². The number of aliphatic hydroxyl groups excluding tert-OH is 1. The maximum Gasteiger partial charge on any atom is 0.416 e. The summed E-state index contributed by atoms with van der Waals surface area (Å²) in [5, 5.41) is 9.09. The van der Waals surface area contributed by atoms with Crippen LogP contribution in [-0.4, -0.2) is 35.7 Å². The Labute approximate surface area is 288 Å². The standard InChI is InChI=1S/C40H36F3N3O4/c41-40(42,43)34-14-7-11-29(25-34)27-44-46-38(48)39(26-28-9-3-1-4-10-28)36(32-17-15-31(16-18-32)30-12-5-2-6-13-30)50-37(45-39)33-19-21-35(22-20-33)49-24-8-23-47/h1-7,9-22,25,36,44,47H,8,23-24,26-27H2,(H,46,48)/t36-,39-/m0/s1. The monoisotopic (exact) mass is 679 g/mol. The van der Waals surface area contributed by atoms with E-state index >= 15 is 0 Å². The highest BCUT2D eigenvalue weighted by Crippen LogP contribution is 2.43. The molecule has 1 aliphatic heterocycles. The fourth-order valence-electron chi connectivity index (χ4n) is 5.86. The fraction of sp³-hybridized carbons (Fsp3) is 0.200. The zero-order chi connectivity index (χ0) is 35.0. The molecule has 1 heterocycles. The molecule has 0 saturated heterocycles. The first-order valence-electron chi connectivity index (χ1n) is 16.2. The number of hydrogen-bond donors (Lipinski definition) is 3. The van der Waals surface area contributed by atoms with Gasteiger partial charge in [-0.3, -0.25) is 10.2 Å². The lowest BCUT2D eigenvalue weighted by atomic mass is 9.82. The number of alkyl halides is 3. The Morgan fingerprint density at radius 3 is 2.12 bits per heavy atom. The van der Waals surface area contributed by atoms with E-state index in [2.05, 4.69) is 10.9 Å². The van der Waals surface area contributed by atoms with Crippen molar-refractivity contribution in [3.05, 3.63) is 161 Å². The number of halogens is 3. The Morgan fingerprint density at radius 1 is 0.800 bits per heavy atom. The number of carbonyl (C=O) groups excluding carboxylic acids is 1. The van der Waals surface area contributed by atoms with Gasteiger partial charge >= 0.3 is 6.18 Å². The molecule has 50 heavy (non-hydrogen) atoms. The summed E-state index contributed by atoms with van der Waals surface area (Å²) in [6, 6.07) is 39.3. The van der Waals surface area contributed by atoms with Gasteiger partial charge in [0, 0.05) is 31.6 Å². The second kappa shape index (κ2) is 15.4. The summed E-state index contributed by atoms with van der Waals surface area (Å²) in [7, 11) is 0. The average Bonchev–Trinajstić information content (AvgIpc) is 3.53. The predicted molar refractivity (Wildman–Crippen MR) is 185 cm³/mol. The van der Waals surface area contributed by atoms with Crippen LogP contribution in [0.1, 0.15) is 40.3 Å². The third-order valence-electron chi connectivity index (χ3n) is 8.42. The van der Waals surface area contributed by atoms with E-state index in [1.807, 2.05) is 84.9 Å². The van der Waals surface area contributed by atoms with Crippen LogP contribution in [0.25, 0.3) is 11.1 Å². The Morgan fingerprint density at radius 2 is 1.44 bits per heavy atom. The molecule has 0 bridgehead atoms. The normalized spacial score (nSPS) is 17.1. The number of hydrogen-bond acceptors (Lipinski definition) is 6. The minimum Gasteiger partial charge on any atom is -0.494 e. The largest absolute Gasteiger partial charge is 0.494 e. The number of aliphatic imine (C=N–C) groups is 1. The van der Waals surface area contributed by atoms with Crippen LogP contribution in [0, 0.1) is 0 Å². The third-order valence-corrected chi connectivity index (χ3v) is 8.42. The van der Waals surface area contributed by atoms with Crippen LogP contribution in [0.3, 0.4) is 0 Å². The van der Waals surface area contributed by atoms with Gasteiger partial charge in [-0.15, -0.1) is 0 Å². The molecule has 256 valence electrons. The first-order chi connectivity index (χ1) is 24.2. The highest BCUT2D eigenvalue weighted by Gasteiger charge is 2.53. The van der Waals surface area contributed by atoms with Crippen LogP contribution in [-0.2, 0) is 28.7 Å². The van der Waals surface area contributed by atoms with Gasteiger partial charge in [0.15, 0.2) is 11.6 Å². The molecule has 0 unspecified atom stereocenters. The summed E-state index contributed by atoms with van der Waals surface area (Å²) in [6.45, 7) is 0.335. The fourth-order valence-corrected chi connectivity index (χ4v) is 5.86. The van der Waals surface area contributed by atoms with Crippen molar-refractivity contribution in [2.45, 2.75) is 37.2 Å². The van der Waals surface area contributed by atoms with E-state index in [9.17, 15) is 18.0 Å². The van der Waals surface area contributed by atoms with Gasteiger partial charge in [0.25, 0.3) is 5.91 Å². The number of hydrazine groups is 1. The molecule has 6 rings (SSSR count). The van der Waals surface area contributed by atoms with Gasteiger partial charge in [-0.1, -0.05) is 103 Å². The van der Waals surface area contributed by atoms with Crippen molar-refractivity contribution < 1.29 is 32.5 Å². The molecule has 1 amide bonds. The molecule has 10 heteroatoms. The van der Waals surface area contributed by atoms with Crippen molar-refractivity contribution in [1.29, 1.82) is 0 Å². The van der Waals surface area contributed by atoms with Crippen molar-refractivity contribution in [1.82, 2.24) is 10.9 Å². The maximum absolute atomic E-state index is 14.5. The number of nitrogens with zero attached hydrogens (tertiary/aromatic N) is 1. The second-order valence-corrected chi connectivity index (χ2v) is 11.9. The van der Waals surface area contributed by atoms with E-state index in [0.29, 0.717) is 29.9 Å². The molecular weight excluding hydrogens is 643 g/mol. The van der Waals surface area contributed by atoms with E-state index in [1.54, 1.807) is 30.3 Å². The number of nitrogens with one attached hydrogen (secondary N) is 2. The quantitative estimate of drug-likeness (QED) is 0.0889. The van der Waals surface area contributed by atoms with Crippen LogP contribution in [0.4, 0.5) is 13.2 Å². The van der Waals surface area contributed by atoms with Crippen molar-refractivity contribution in [3.63, 3.8) is 0 Å². The Hall–Kier alpha value is -5.45. The number of carbonyl (C=O) groups is 1. The van der Waals surface area contributed by atoms with E-state index < -0.39 is 29.3 Å². The van der Waals surface area contributed by atoms with Crippen LogP contribution in [0.15, 0.2) is 138 Å². The third kappa shape index (κ3) is 8.05. The van der Waals surface area contributed by atoms with Gasteiger partial charge in [-0.05, 0) is 58.1 Å².